The minimum absolute atomic E-state index is 0.0139. The van der Waals surface area contributed by atoms with E-state index >= 15 is 0 Å². The quantitative estimate of drug-likeness (QED) is 0.792. The Labute approximate surface area is 157 Å². The van der Waals surface area contributed by atoms with E-state index in [1.54, 1.807) is 18.2 Å². The van der Waals surface area contributed by atoms with Gasteiger partial charge in [0, 0.05) is 13.2 Å². The van der Waals surface area contributed by atoms with Crippen molar-refractivity contribution in [3.8, 4) is 0 Å². The minimum atomic E-state index is -3.96. The van der Waals surface area contributed by atoms with E-state index in [1.165, 1.54) is 25.1 Å². The molecular weight excluding hydrogens is 371 g/mol. The number of amides is 1. The van der Waals surface area contributed by atoms with Crippen LogP contribution in [0.15, 0.2) is 47.4 Å². The summed E-state index contributed by atoms with van der Waals surface area (Å²) in [4.78, 5) is 12.4. The van der Waals surface area contributed by atoms with Gasteiger partial charge in [0.05, 0.1) is 22.3 Å². The van der Waals surface area contributed by atoms with Crippen molar-refractivity contribution in [3.05, 3.63) is 59.4 Å². The maximum absolute atomic E-state index is 13.4. The lowest BCUT2D eigenvalue weighted by molar-refractivity contribution is 0.0858. The standard InChI is InChI=1S/C19H21FN2O4S/c1-13-11-15(8-9-17(13)20)27(24,25)22-18-7-3-2-6-16(18)19(23)21-12-14-5-4-10-26-14/h2-3,6-9,11,14,22H,4-5,10,12H2,1H3,(H,21,23)/t14-/m1/s1. The highest BCUT2D eigenvalue weighted by Gasteiger charge is 2.21. The highest BCUT2D eigenvalue weighted by atomic mass is 32.2. The monoisotopic (exact) mass is 392 g/mol. The highest BCUT2D eigenvalue weighted by Crippen LogP contribution is 2.22. The number of para-hydroxylation sites is 1. The Morgan fingerprint density at radius 3 is 2.74 bits per heavy atom. The summed E-state index contributed by atoms with van der Waals surface area (Å²) in [5.74, 6) is -0.873. The van der Waals surface area contributed by atoms with E-state index in [0.717, 1.165) is 18.9 Å². The second-order valence-corrected chi connectivity index (χ2v) is 8.09. The fourth-order valence-corrected chi connectivity index (χ4v) is 4.03. The second-order valence-electron chi connectivity index (χ2n) is 6.41. The lowest BCUT2D eigenvalue weighted by atomic mass is 10.1. The third kappa shape index (κ3) is 4.64. The van der Waals surface area contributed by atoms with Gasteiger partial charge >= 0.3 is 0 Å². The Hall–Kier alpha value is -2.45. The van der Waals surface area contributed by atoms with E-state index in [9.17, 15) is 17.6 Å². The largest absolute Gasteiger partial charge is 0.376 e. The third-order valence-corrected chi connectivity index (χ3v) is 5.73. The van der Waals surface area contributed by atoms with Gasteiger partial charge in [-0.15, -0.1) is 0 Å². The summed E-state index contributed by atoms with van der Waals surface area (Å²) in [6.07, 6.45) is 1.84. The van der Waals surface area contributed by atoms with Crippen molar-refractivity contribution in [1.29, 1.82) is 0 Å². The molecule has 1 amide bonds. The third-order valence-electron chi connectivity index (χ3n) is 4.37. The Balaban J connectivity index is 1.78. The molecule has 1 heterocycles. The van der Waals surface area contributed by atoms with E-state index < -0.39 is 15.8 Å². The Morgan fingerprint density at radius 2 is 2.04 bits per heavy atom. The van der Waals surface area contributed by atoms with Crippen LogP contribution in [-0.2, 0) is 14.8 Å². The van der Waals surface area contributed by atoms with Gasteiger partial charge in [-0.05, 0) is 55.7 Å². The van der Waals surface area contributed by atoms with Crippen LogP contribution in [0.3, 0.4) is 0 Å². The molecule has 144 valence electrons. The molecule has 0 unspecified atom stereocenters. The lowest BCUT2D eigenvalue weighted by Crippen LogP contribution is -2.32. The van der Waals surface area contributed by atoms with Crippen LogP contribution >= 0.6 is 0 Å². The van der Waals surface area contributed by atoms with E-state index in [2.05, 4.69) is 10.0 Å². The number of benzene rings is 2. The van der Waals surface area contributed by atoms with Gasteiger partial charge in [0.2, 0.25) is 0 Å². The van der Waals surface area contributed by atoms with Crippen molar-refractivity contribution in [2.75, 3.05) is 17.9 Å². The molecule has 2 N–H and O–H groups in total. The lowest BCUT2D eigenvalue weighted by Gasteiger charge is -2.14. The van der Waals surface area contributed by atoms with Gasteiger partial charge in [0.25, 0.3) is 15.9 Å². The molecule has 1 aliphatic heterocycles. The smallest absolute Gasteiger partial charge is 0.261 e. The number of anilines is 1. The molecule has 1 saturated heterocycles. The number of carbonyl (C=O) groups is 1. The normalized spacial score (nSPS) is 16.9. The van der Waals surface area contributed by atoms with Crippen LogP contribution < -0.4 is 10.0 Å². The molecule has 0 aromatic heterocycles. The first kappa shape index (κ1) is 19.3. The zero-order valence-electron chi connectivity index (χ0n) is 14.9. The van der Waals surface area contributed by atoms with Crippen LogP contribution in [0, 0.1) is 12.7 Å². The Bertz CT molecular complexity index is 940. The number of carbonyl (C=O) groups excluding carboxylic acids is 1. The van der Waals surface area contributed by atoms with Gasteiger partial charge in [-0.1, -0.05) is 12.1 Å². The van der Waals surface area contributed by atoms with E-state index in [1.807, 2.05) is 0 Å². The van der Waals surface area contributed by atoms with Gasteiger partial charge in [-0.3, -0.25) is 9.52 Å². The Kier molecular flexibility index (Phi) is 5.76. The molecule has 0 spiro atoms. The summed E-state index contributed by atoms with van der Waals surface area (Å²) in [5, 5.41) is 2.78. The summed E-state index contributed by atoms with van der Waals surface area (Å²) < 4.78 is 46.5. The van der Waals surface area contributed by atoms with Crippen LogP contribution in [0.5, 0.6) is 0 Å². The number of nitrogens with one attached hydrogen (secondary N) is 2. The SMILES string of the molecule is Cc1cc(S(=O)(=O)Nc2ccccc2C(=O)NC[C@H]2CCCO2)ccc1F. The zero-order chi connectivity index (χ0) is 19.4. The van der Waals surface area contributed by atoms with Crippen LogP contribution in [0.4, 0.5) is 10.1 Å². The molecule has 0 bridgehead atoms. The molecule has 1 aliphatic rings. The summed E-state index contributed by atoms with van der Waals surface area (Å²) in [7, 11) is -3.96. The van der Waals surface area contributed by atoms with Gasteiger partial charge in [-0.2, -0.15) is 0 Å². The van der Waals surface area contributed by atoms with Crippen molar-refractivity contribution >= 4 is 21.6 Å². The number of halogens is 1. The van der Waals surface area contributed by atoms with Gasteiger partial charge in [0.1, 0.15) is 5.82 Å². The molecule has 0 aliphatic carbocycles. The average Bonchev–Trinajstić information content (AvgIpc) is 3.15. The summed E-state index contributed by atoms with van der Waals surface area (Å²) >= 11 is 0. The number of ether oxygens (including phenoxy) is 1. The van der Waals surface area contributed by atoms with Crippen LogP contribution in [-0.4, -0.2) is 33.6 Å². The Morgan fingerprint density at radius 1 is 1.26 bits per heavy atom. The number of hydrogen-bond donors (Lipinski definition) is 2. The molecular formula is C19H21FN2O4S. The van der Waals surface area contributed by atoms with Crippen LogP contribution in [0.25, 0.3) is 0 Å². The predicted molar refractivity (Wildman–Crippen MR) is 99.7 cm³/mol. The number of rotatable bonds is 6. The molecule has 1 atom stereocenters. The molecule has 2 aromatic carbocycles. The summed E-state index contributed by atoms with van der Waals surface area (Å²) in [5.41, 5.74) is 0.586. The highest BCUT2D eigenvalue weighted by molar-refractivity contribution is 7.92. The van der Waals surface area contributed by atoms with Crippen molar-refractivity contribution < 1.29 is 22.3 Å². The van der Waals surface area contributed by atoms with Crippen molar-refractivity contribution in [2.45, 2.75) is 30.8 Å². The molecule has 0 radical (unpaired) electrons. The maximum atomic E-state index is 13.4. The first-order valence-corrected chi connectivity index (χ1v) is 10.1. The fraction of sp³-hybridized carbons (Fsp3) is 0.316. The minimum Gasteiger partial charge on any atom is -0.376 e. The van der Waals surface area contributed by atoms with E-state index in [0.29, 0.717) is 13.2 Å². The first-order chi connectivity index (χ1) is 12.9. The van der Waals surface area contributed by atoms with Crippen LogP contribution in [0.1, 0.15) is 28.8 Å². The van der Waals surface area contributed by atoms with Gasteiger partial charge < -0.3 is 10.1 Å². The van der Waals surface area contributed by atoms with Crippen LogP contribution in [0.2, 0.25) is 0 Å². The molecule has 3 rings (SSSR count). The molecule has 8 heteroatoms. The van der Waals surface area contributed by atoms with Crippen molar-refractivity contribution in [3.63, 3.8) is 0 Å². The second kappa shape index (κ2) is 8.06. The number of sulfonamides is 1. The molecule has 0 saturated carbocycles. The number of aryl methyl sites for hydroxylation is 1. The molecule has 1 fully saturated rings. The number of hydrogen-bond acceptors (Lipinski definition) is 4. The molecule has 6 nitrogen and oxygen atoms in total. The van der Waals surface area contributed by atoms with E-state index in [4.69, 9.17) is 4.74 Å². The van der Waals surface area contributed by atoms with E-state index in [-0.39, 0.29) is 33.7 Å². The fourth-order valence-electron chi connectivity index (χ4n) is 2.87. The topological polar surface area (TPSA) is 84.5 Å². The predicted octanol–water partition coefficient (Wildman–Crippen LogP) is 2.84. The molecule has 2 aromatic rings. The maximum Gasteiger partial charge on any atom is 0.261 e. The van der Waals surface area contributed by atoms with Crippen molar-refractivity contribution in [1.82, 2.24) is 5.32 Å². The van der Waals surface area contributed by atoms with Crippen molar-refractivity contribution in [2.24, 2.45) is 0 Å². The molecule has 27 heavy (non-hydrogen) atoms. The summed E-state index contributed by atoms with van der Waals surface area (Å²) in [6, 6.07) is 9.87. The zero-order valence-corrected chi connectivity index (χ0v) is 15.7. The van der Waals surface area contributed by atoms with Gasteiger partial charge in [-0.25, -0.2) is 12.8 Å². The van der Waals surface area contributed by atoms with Gasteiger partial charge in [0.15, 0.2) is 0 Å². The average molecular weight is 392 g/mol. The first-order valence-electron chi connectivity index (χ1n) is 8.64. The summed E-state index contributed by atoms with van der Waals surface area (Å²) in [6.45, 7) is 2.55.